The summed E-state index contributed by atoms with van der Waals surface area (Å²) in [6, 6.07) is 13.7. The number of hydrogen-bond donors (Lipinski definition) is 1. The van der Waals surface area contributed by atoms with Gasteiger partial charge in [0.1, 0.15) is 0 Å². The van der Waals surface area contributed by atoms with E-state index in [0.29, 0.717) is 11.1 Å². The first-order chi connectivity index (χ1) is 13.6. The van der Waals surface area contributed by atoms with Crippen LogP contribution in [-0.2, 0) is 0 Å². The molecule has 0 saturated heterocycles. The largest absolute Gasteiger partial charge is 0.478 e. The van der Waals surface area contributed by atoms with Gasteiger partial charge in [0, 0.05) is 46.0 Å². The number of carbonyl (C=O) groups is 2. The van der Waals surface area contributed by atoms with Crippen molar-refractivity contribution in [3.63, 3.8) is 0 Å². The smallest absolute Gasteiger partial charge is 0.335 e. The molecule has 136 valence electrons. The molecule has 0 aliphatic carbocycles. The quantitative estimate of drug-likeness (QED) is 0.312. The van der Waals surface area contributed by atoms with Crippen molar-refractivity contribution >= 4 is 33.4 Å². The highest BCUT2D eigenvalue weighted by Gasteiger charge is 2.03. The van der Waals surface area contributed by atoms with Gasteiger partial charge in [0.2, 0.25) is 5.91 Å². The maximum Gasteiger partial charge on any atom is 0.335 e. The maximum absolute atomic E-state index is 11.2. The molecular formula is C20H13N5O3. The Morgan fingerprint density at radius 2 is 1.36 bits per heavy atom. The zero-order chi connectivity index (χ0) is 19.9. The first kappa shape index (κ1) is 18.5. The molecule has 2 aromatic carbocycles. The third-order valence-corrected chi connectivity index (χ3v) is 3.91. The van der Waals surface area contributed by atoms with Crippen molar-refractivity contribution < 1.29 is 14.7 Å². The normalized spacial score (nSPS) is 9.86. The van der Waals surface area contributed by atoms with E-state index < -0.39 is 11.9 Å². The van der Waals surface area contributed by atoms with Crippen LogP contribution in [0.25, 0.3) is 32.0 Å². The molecule has 1 N–H and O–H groups in total. The Balaban J connectivity index is 0.000000162. The lowest BCUT2D eigenvalue weighted by Crippen LogP contribution is -1.95. The second-order valence-corrected chi connectivity index (χ2v) is 5.67. The van der Waals surface area contributed by atoms with Crippen molar-refractivity contribution in [2.24, 2.45) is 5.11 Å². The van der Waals surface area contributed by atoms with Crippen molar-refractivity contribution in [3.8, 4) is 0 Å². The monoisotopic (exact) mass is 371 g/mol. The van der Waals surface area contributed by atoms with Gasteiger partial charge in [-0.25, -0.2) is 4.79 Å². The van der Waals surface area contributed by atoms with Crippen LogP contribution in [0.4, 0.5) is 0 Å². The molecule has 2 heterocycles. The summed E-state index contributed by atoms with van der Waals surface area (Å²) in [5.74, 6) is -1.49. The van der Waals surface area contributed by atoms with E-state index in [1.807, 2.05) is 12.1 Å². The zero-order valence-corrected chi connectivity index (χ0v) is 14.4. The number of fused-ring (bicyclic) bond motifs is 2. The Labute approximate surface area is 158 Å². The fraction of sp³-hybridized carbons (Fsp3) is 0. The second kappa shape index (κ2) is 8.39. The molecule has 4 aromatic rings. The van der Waals surface area contributed by atoms with Crippen molar-refractivity contribution in [2.45, 2.75) is 0 Å². The molecule has 0 saturated carbocycles. The van der Waals surface area contributed by atoms with E-state index in [2.05, 4.69) is 20.0 Å². The van der Waals surface area contributed by atoms with Gasteiger partial charge in [-0.05, 0) is 51.7 Å². The van der Waals surface area contributed by atoms with Gasteiger partial charge in [-0.1, -0.05) is 18.2 Å². The highest BCUT2D eigenvalue weighted by atomic mass is 16.4. The van der Waals surface area contributed by atoms with Gasteiger partial charge in [0.25, 0.3) is 0 Å². The minimum absolute atomic E-state index is 0.292. The molecule has 0 radical (unpaired) electrons. The van der Waals surface area contributed by atoms with E-state index >= 15 is 0 Å². The standard InChI is InChI=1S/C10H6N4O.C10H7NO2/c11-14-13-10(15)8-2-1-7-3-4-12-6-9(7)5-8;12-10(13)8-2-1-7-3-4-11-6-9(7)5-8/h1-6H;1-6H,(H,12,13). The van der Waals surface area contributed by atoms with Crippen molar-refractivity contribution in [1.82, 2.24) is 9.97 Å². The summed E-state index contributed by atoms with van der Waals surface area (Å²) in [7, 11) is 0. The van der Waals surface area contributed by atoms with Crippen LogP contribution in [0.2, 0.25) is 0 Å². The third-order valence-electron chi connectivity index (χ3n) is 3.91. The zero-order valence-electron chi connectivity index (χ0n) is 14.4. The van der Waals surface area contributed by atoms with E-state index in [4.69, 9.17) is 10.6 Å². The summed E-state index contributed by atoms with van der Waals surface area (Å²) < 4.78 is 0. The summed E-state index contributed by atoms with van der Waals surface area (Å²) in [5.41, 5.74) is 8.80. The van der Waals surface area contributed by atoms with Gasteiger partial charge >= 0.3 is 5.97 Å². The van der Waals surface area contributed by atoms with Gasteiger partial charge in [-0.2, -0.15) is 0 Å². The number of aromatic carboxylic acids is 1. The molecular weight excluding hydrogens is 358 g/mol. The lowest BCUT2D eigenvalue weighted by molar-refractivity contribution is 0.0697. The maximum atomic E-state index is 11.2. The van der Waals surface area contributed by atoms with Crippen molar-refractivity contribution in [1.29, 1.82) is 0 Å². The lowest BCUT2D eigenvalue weighted by Gasteiger charge is -1.98. The Morgan fingerprint density at radius 1 is 0.821 bits per heavy atom. The molecule has 8 nitrogen and oxygen atoms in total. The van der Waals surface area contributed by atoms with Crippen molar-refractivity contribution in [3.05, 3.63) is 94.9 Å². The molecule has 0 spiro atoms. The van der Waals surface area contributed by atoms with E-state index in [1.54, 1.807) is 61.2 Å². The number of carbonyl (C=O) groups excluding carboxylic acids is 1. The predicted molar refractivity (Wildman–Crippen MR) is 104 cm³/mol. The number of amides is 1. The molecule has 2 aromatic heterocycles. The number of rotatable bonds is 2. The number of carboxylic acid groups (broad SMARTS) is 1. The van der Waals surface area contributed by atoms with Crippen LogP contribution >= 0.6 is 0 Å². The van der Waals surface area contributed by atoms with Crippen LogP contribution in [0.5, 0.6) is 0 Å². The lowest BCUT2D eigenvalue weighted by atomic mass is 10.1. The third kappa shape index (κ3) is 4.27. The Hall–Kier alpha value is -4.29. The first-order valence-electron chi connectivity index (χ1n) is 8.09. The number of benzene rings is 2. The summed E-state index contributed by atoms with van der Waals surface area (Å²) in [4.78, 5) is 32.2. The molecule has 1 amide bonds. The molecule has 4 rings (SSSR count). The minimum Gasteiger partial charge on any atom is -0.478 e. The van der Waals surface area contributed by atoms with Gasteiger partial charge in [0.15, 0.2) is 0 Å². The van der Waals surface area contributed by atoms with Crippen LogP contribution in [0.1, 0.15) is 20.7 Å². The van der Waals surface area contributed by atoms with E-state index in [9.17, 15) is 9.59 Å². The van der Waals surface area contributed by atoms with Crippen LogP contribution in [0.15, 0.2) is 78.4 Å². The van der Waals surface area contributed by atoms with Crippen LogP contribution in [0.3, 0.4) is 0 Å². The molecule has 8 heteroatoms. The average Bonchev–Trinajstić information content (AvgIpc) is 2.73. The topological polar surface area (TPSA) is 129 Å². The van der Waals surface area contributed by atoms with E-state index in [1.165, 1.54) is 0 Å². The number of hydrogen-bond acceptors (Lipinski definition) is 4. The number of nitrogens with zero attached hydrogens (tertiary/aromatic N) is 5. The second-order valence-electron chi connectivity index (χ2n) is 5.67. The molecule has 0 atom stereocenters. The number of azide groups is 1. The molecule has 0 bridgehead atoms. The summed E-state index contributed by atoms with van der Waals surface area (Å²) in [5, 5.41) is 15.4. The molecule has 0 aliphatic rings. The molecule has 0 aliphatic heterocycles. The molecule has 0 fully saturated rings. The predicted octanol–water partition coefficient (Wildman–Crippen LogP) is 4.62. The fourth-order valence-electron chi connectivity index (χ4n) is 2.53. The Morgan fingerprint density at radius 3 is 1.89 bits per heavy atom. The summed E-state index contributed by atoms with van der Waals surface area (Å²) in [6.45, 7) is 0. The van der Waals surface area contributed by atoms with Gasteiger partial charge in [0.05, 0.1) is 5.56 Å². The highest BCUT2D eigenvalue weighted by molar-refractivity contribution is 5.98. The van der Waals surface area contributed by atoms with Gasteiger partial charge in [-0.15, -0.1) is 0 Å². The highest BCUT2D eigenvalue weighted by Crippen LogP contribution is 2.15. The van der Waals surface area contributed by atoms with E-state index in [0.717, 1.165) is 21.5 Å². The number of pyridine rings is 2. The average molecular weight is 371 g/mol. The Bertz CT molecular complexity index is 1230. The molecule has 28 heavy (non-hydrogen) atoms. The Kier molecular flexibility index (Phi) is 5.55. The summed E-state index contributed by atoms with van der Waals surface area (Å²) >= 11 is 0. The van der Waals surface area contributed by atoms with Crippen LogP contribution in [-0.4, -0.2) is 27.0 Å². The summed E-state index contributed by atoms with van der Waals surface area (Å²) in [6.07, 6.45) is 6.67. The van der Waals surface area contributed by atoms with Crippen LogP contribution in [0, 0.1) is 0 Å². The number of carboxylic acids is 1. The minimum atomic E-state index is -0.911. The first-order valence-corrected chi connectivity index (χ1v) is 8.09. The van der Waals surface area contributed by atoms with Gasteiger partial charge < -0.3 is 5.11 Å². The fourth-order valence-corrected chi connectivity index (χ4v) is 2.53. The number of aromatic nitrogens is 2. The van der Waals surface area contributed by atoms with E-state index in [-0.39, 0.29) is 0 Å². The SMILES string of the molecule is O=C(O)c1ccc2ccncc2c1.[N-]=[N+]=NC(=O)c1ccc2ccncc2c1. The van der Waals surface area contributed by atoms with Crippen LogP contribution < -0.4 is 0 Å². The van der Waals surface area contributed by atoms with Gasteiger partial charge in [-0.3, -0.25) is 14.8 Å². The van der Waals surface area contributed by atoms with Crippen molar-refractivity contribution in [2.75, 3.05) is 0 Å². The molecule has 0 unspecified atom stereocenters.